The molecule has 2 aromatic carbocycles. The van der Waals surface area contributed by atoms with E-state index < -0.39 is 11.5 Å². The van der Waals surface area contributed by atoms with Gasteiger partial charge >= 0.3 is 0 Å². The molecule has 0 saturated heterocycles. The van der Waals surface area contributed by atoms with E-state index in [4.69, 9.17) is 4.74 Å². The lowest BCUT2D eigenvalue weighted by atomic mass is 10.1. The molecule has 2 rings (SSSR count). The fourth-order valence-electron chi connectivity index (χ4n) is 1.68. The van der Waals surface area contributed by atoms with Crippen LogP contribution in [0.15, 0.2) is 42.5 Å². The second-order valence-electron chi connectivity index (χ2n) is 4.08. The van der Waals surface area contributed by atoms with E-state index in [9.17, 15) is 19.8 Å². The largest absolute Gasteiger partial charge is 0.504 e. The van der Waals surface area contributed by atoms with Crippen LogP contribution < -0.4 is 4.74 Å². The number of carbonyl (C=O) groups excluding carboxylic acids is 2. The number of aldehydes is 1. The Labute approximate surface area is 115 Å². The van der Waals surface area contributed by atoms with Crippen molar-refractivity contribution >= 4 is 12.1 Å². The maximum atomic E-state index is 11.8. The molecule has 0 aliphatic carbocycles. The van der Waals surface area contributed by atoms with E-state index in [2.05, 4.69) is 0 Å². The summed E-state index contributed by atoms with van der Waals surface area (Å²) in [7, 11) is 0. The molecule has 102 valence electrons. The van der Waals surface area contributed by atoms with Crippen molar-refractivity contribution in [2.24, 2.45) is 0 Å². The van der Waals surface area contributed by atoms with Gasteiger partial charge < -0.3 is 14.9 Å². The van der Waals surface area contributed by atoms with Crippen LogP contribution in [0.4, 0.5) is 0 Å². The molecule has 0 unspecified atom stereocenters. The van der Waals surface area contributed by atoms with E-state index in [0.717, 1.165) is 12.1 Å². The number of Topliss-reactive ketones (excluding diaryl/α,β-unsaturated/α-hetero) is 1. The lowest BCUT2D eigenvalue weighted by Gasteiger charge is -2.09. The van der Waals surface area contributed by atoms with Crippen LogP contribution in [-0.4, -0.2) is 28.9 Å². The topological polar surface area (TPSA) is 83.8 Å². The Balaban J connectivity index is 2.12. The number of aromatic hydroxyl groups is 2. The number of benzene rings is 2. The molecular weight excluding hydrogens is 260 g/mol. The van der Waals surface area contributed by atoms with Gasteiger partial charge in [-0.3, -0.25) is 9.59 Å². The zero-order chi connectivity index (χ0) is 14.5. The standard InChI is InChI=1S/C15H12O5/c16-8-10-6-12(17)15(13(18)7-10)20-9-14(19)11-4-2-1-3-5-11/h1-8,17-18H,9H2. The van der Waals surface area contributed by atoms with Crippen LogP contribution in [-0.2, 0) is 0 Å². The Morgan fingerprint density at radius 3 is 2.25 bits per heavy atom. The monoisotopic (exact) mass is 272 g/mol. The highest BCUT2D eigenvalue weighted by Crippen LogP contribution is 2.36. The molecule has 0 radical (unpaired) electrons. The summed E-state index contributed by atoms with van der Waals surface area (Å²) in [5, 5.41) is 19.3. The second-order valence-corrected chi connectivity index (χ2v) is 4.08. The van der Waals surface area contributed by atoms with E-state index in [1.165, 1.54) is 0 Å². The number of phenolic OH excluding ortho intramolecular Hbond substituents is 2. The third kappa shape index (κ3) is 2.95. The first-order valence-corrected chi connectivity index (χ1v) is 5.84. The average Bonchev–Trinajstić information content (AvgIpc) is 2.46. The number of hydrogen-bond acceptors (Lipinski definition) is 5. The smallest absolute Gasteiger partial charge is 0.203 e. The predicted octanol–water partition coefficient (Wildman–Crippen LogP) is 2.17. The Morgan fingerprint density at radius 2 is 1.70 bits per heavy atom. The molecule has 5 nitrogen and oxygen atoms in total. The predicted molar refractivity (Wildman–Crippen MR) is 71.4 cm³/mol. The summed E-state index contributed by atoms with van der Waals surface area (Å²) in [5.74, 6) is -1.30. The minimum absolute atomic E-state index is 0.113. The summed E-state index contributed by atoms with van der Waals surface area (Å²) in [5.41, 5.74) is 0.581. The van der Waals surface area contributed by atoms with E-state index in [-0.39, 0.29) is 23.7 Å². The van der Waals surface area contributed by atoms with Gasteiger partial charge in [-0.05, 0) is 12.1 Å². The van der Waals surface area contributed by atoms with Gasteiger partial charge in [-0.15, -0.1) is 0 Å². The zero-order valence-electron chi connectivity index (χ0n) is 10.4. The minimum Gasteiger partial charge on any atom is -0.504 e. The van der Waals surface area contributed by atoms with Crippen LogP contribution in [0.25, 0.3) is 0 Å². The van der Waals surface area contributed by atoms with E-state index in [1.54, 1.807) is 30.3 Å². The second kappa shape index (κ2) is 5.88. The van der Waals surface area contributed by atoms with E-state index in [1.807, 2.05) is 0 Å². The molecule has 0 bridgehead atoms. The first-order valence-electron chi connectivity index (χ1n) is 5.84. The Kier molecular flexibility index (Phi) is 4.00. The molecule has 0 aliphatic rings. The lowest BCUT2D eigenvalue weighted by molar-refractivity contribution is 0.0917. The number of hydrogen-bond donors (Lipinski definition) is 2. The van der Waals surface area contributed by atoms with Crippen molar-refractivity contribution in [2.75, 3.05) is 6.61 Å². The molecule has 0 atom stereocenters. The van der Waals surface area contributed by atoms with Crippen LogP contribution >= 0.6 is 0 Å². The highest BCUT2D eigenvalue weighted by Gasteiger charge is 2.13. The Hall–Kier alpha value is -2.82. The average molecular weight is 272 g/mol. The number of ketones is 1. The molecule has 0 heterocycles. The van der Waals surface area contributed by atoms with Crippen molar-refractivity contribution in [2.45, 2.75) is 0 Å². The SMILES string of the molecule is O=Cc1cc(O)c(OCC(=O)c2ccccc2)c(O)c1. The molecule has 2 N–H and O–H groups in total. The number of phenols is 2. The minimum atomic E-state index is -0.395. The van der Waals surface area contributed by atoms with Crippen molar-refractivity contribution in [3.8, 4) is 17.2 Å². The molecule has 0 amide bonds. The van der Waals surface area contributed by atoms with Gasteiger partial charge in [0.1, 0.15) is 6.29 Å². The van der Waals surface area contributed by atoms with Crippen LogP contribution in [0.2, 0.25) is 0 Å². The molecule has 0 saturated carbocycles. The Bertz CT molecular complexity index is 611. The summed E-state index contributed by atoms with van der Waals surface area (Å²) < 4.78 is 5.12. The molecule has 0 aromatic heterocycles. The molecule has 2 aromatic rings. The highest BCUT2D eigenvalue weighted by molar-refractivity contribution is 5.97. The van der Waals surface area contributed by atoms with Gasteiger partial charge in [-0.25, -0.2) is 0 Å². The molecule has 5 heteroatoms. The van der Waals surface area contributed by atoms with Crippen LogP contribution in [0.3, 0.4) is 0 Å². The summed E-state index contributed by atoms with van der Waals surface area (Å²) >= 11 is 0. The molecular formula is C15H12O5. The summed E-state index contributed by atoms with van der Waals surface area (Å²) in [6.07, 6.45) is 0.484. The fourth-order valence-corrected chi connectivity index (χ4v) is 1.68. The van der Waals surface area contributed by atoms with E-state index in [0.29, 0.717) is 11.8 Å². The van der Waals surface area contributed by atoms with Gasteiger partial charge in [0, 0.05) is 11.1 Å². The number of carbonyl (C=O) groups is 2. The summed E-state index contributed by atoms with van der Waals surface area (Å²) in [4.78, 5) is 22.4. The fraction of sp³-hybridized carbons (Fsp3) is 0.0667. The first kappa shape index (κ1) is 13.6. The van der Waals surface area contributed by atoms with Crippen molar-refractivity contribution in [1.82, 2.24) is 0 Å². The third-order valence-electron chi connectivity index (χ3n) is 2.65. The van der Waals surface area contributed by atoms with Gasteiger partial charge in [0.2, 0.25) is 5.75 Å². The van der Waals surface area contributed by atoms with Crippen molar-refractivity contribution in [3.63, 3.8) is 0 Å². The third-order valence-corrected chi connectivity index (χ3v) is 2.65. The van der Waals surface area contributed by atoms with Gasteiger partial charge in [-0.2, -0.15) is 0 Å². The van der Waals surface area contributed by atoms with Gasteiger partial charge in [-0.1, -0.05) is 30.3 Å². The van der Waals surface area contributed by atoms with Crippen molar-refractivity contribution in [3.05, 3.63) is 53.6 Å². The first-order chi connectivity index (χ1) is 9.61. The maximum Gasteiger partial charge on any atom is 0.203 e. The summed E-state index contributed by atoms with van der Waals surface area (Å²) in [6, 6.07) is 10.8. The van der Waals surface area contributed by atoms with Crippen molar-refractivity contribution < 1.29 is 24.5 Å². The number of rotatable bonds is 5. The molecule has 20 heavy (non-hydrogen) atoms. The van der Waals surface area contributed by atoms with Gasteiger partial charge in [0.15, 0.2) is 23.9 Å². The van der Waals surface area contributed by atoms with Gasteiger partial charge in [0.25, 0.3) is 0 Å². The Morgan fingerprint density at radius 1 is 1.10 bits per heavy atom. The maximum absolute atomic E-state index is 11.8. The van der Waals surface area contributed by atoms with E-state index >= 15 is 0 Å². The van der Waals surface area contributed by atoms with Crippen molar-refractivity contribution in [1.29, 1.82) is 0 Å². The van der Waals surface area contributed by atoms with Crippen LogP contribution in [0.1, 0.15) is 20.7 Å². The zero-order valence-corrected chi connectivity index (χ0v) is 10.4. The number of ether oxygens (including phenoxy) is 1. The molecule has 0 aliphatic heterocycles. The molecule has 0 fully saturated rings. The van der Waals surface area contributed by atoms with Crippen LogP contribution in [0.5, 0.6) is 17.2 Å². The summed E-state index contributed by atoms with van der Waals surface area (Å²) in [6.45, 7) is -0.328. The highest BCUT2D eigenvalue weighted by atomic mass is 16.5. The molecule has 0 spiro atoms. The lowest BCUT2D eigenvalue weighted by Crippen LogP contribution is -2.11. The van der Waals surface area contributed by atoms with Gasteiger partial charge in [0.05, 0.1) is 0 Å². The normalized spacial score (nSPS) is 10.0. The van der Waals surface area contributed by atoms with Crippen LogP contribution in [0, 0.1) is 0 Å². The quantitative estimate of drug-likeness (QED) is 0.643.